The molecule has 36 heavy (non-hydrogen) atoms. The van der Waals surface area contributed by atoms with E-state index in [2.05, 4.69) is 26.7 Å². The van der Waals surface area contributed by atoms with E-state index in [9.17, 15) is 18.0 Å². The fourth-order valence-corrected chi connectivity index (χ4v) is 3.56. The number of benzene rings is 3. The molecule has 0 spiro atoms. The zero-order chi connectivity index (χ0) is 25.9. The van der Waals surface area contributed by atoms with Crippen molar-refractivity contribution in [3.8, 4) is 17.3 Å². The molecule has 4 aromatic rings. The van der Waals surface area contributed by atoms with Crippen LogP contribution in [0.2, 0.25) is 5.02 Å². The molecule has 0 fully saturated rings. The Bertz CT molecular complexity index is 1480. The van der Waals surface area contributed by atoms with Crippen molar-refractivity contribution in [2.75, 3.05) is 10.6 Å². The van der Waals surface area contributed by atoms with Crippen LogP contribution in [-0.4, -0.2) is 15.9 Å². The highest BCUT2D eigenvalue weighted by molar-refractivity contribution is 6.31. The summed E-state index contributed by atoms with van der Waals surface area (Å²) in [5, 5.41) is 14.1. The van der Waals surface area contributed by atoms with Crippen LogP contribution in [0.4, 0.5) is 30.5 Å². The topological polar surface area (TPSA) is 90.7 Å². The Morgan fingerprint density at radius 2 is 1.78 bits per heavy atom. The van der Waals surface area contributed by atoms with Gasteiger partial charge in [0.25, 0.3) is 5.91 Å². The Morgan fingerprint density at radius 1 is 1.03 bits per heavy atom. The van der Waals surface area contributed by atoms with Gasteiger partial charge in [-0.05, 0) is 61.0 Å². The molecular formula is C26H17ClF3N5O. The van der Waals surface area contributed by atoms with Gasteiger partial charge in [-0.2, -0.15) is 18.4 Å². The maximum atomic E-state index is 13.1. The Balaban J connectivity index is 1.55. The molecule has 0 atom stereocenters. The number of alkyl halides is 3. The number of nitrogens with zero attached hydrogens (tertiary/aromatic N) is 3. The van der Waals surface area contributed by atoms with Crippen molar-refractivity contribution in [3.63, 3.8) is 0 Å². The third-order valence-electron chi connectivity index (χ3n) is 5.24. The SMILES string of the molecule is Cc1ccc(C(=O)Nc2ccc(Cl)c(C(F)(F)F)c2)cc1Nc1nccc(-c2ccc(C#N)cc2)n1. The number of amides is 1. The summed E-state index contributed by atoms with van der Waals surface area (Å²) in [7, 11) is 0. The molecule has 4 rings (SSSR count). The normalized spacial score (nSPS) is 11.0. The zero-order valence-corrected chi connectivity index (χ0v) is 19.4. The Morgan fingerprint density at radius 3 is 2.47 bits per heavy atom. The molecule has 10 heteroatoms. The van der Waals surface area contributed by atoms with Crippen LogP contribution in [0.15, 0.2) is 72.9 Å². The number of carbonyl (C=O) groups excluding carboxylic acids is 1. The van der Waals surface area contributed by atoms with Crippen molar-refractivity contribution in [1.29, 1.82) is 5.26 Å². The number of carbonyl (C=O) groups is 1. The van der Waals surface area contributed by atoms with Crippen molar-refractivity contribution in [2.45, 2.75) is 13.1 Å². The van der Waals surface area contributed by atoms with E-state index in [0.717, 1.165) is 23.3 Å². The average molecular weight is 508 g/mol. The molecule has 0 aliphatic carbocycles. The molecule has 1 heterocycles. The third-order valence-corrected chi connectivity index (χ3v) is 5.57. The van der Waals surface area contributed by atoms with Crippen molar-refractivity contribution in [1.82, 2.24) is 9.97 Å². The first-order valence-corrected chi connectivity index (χ1v) is 10.9. The van der Waals surface area contributed by atoms with Gasteiger partial charge in [-0.1, -0.05) is 29.8 Å². The molecule has 0 unspecified atom stereocenters. The molecule has 3 aromatic carbocycles. The molecule has 0 bridgehead atoms. The van der Waals surface area contributed by atoms with Gasteiger partial charge in [0.05, 0.1) is 27.9 Å². The van der Waals surface area contributed by atoms with Gasteiger partial charge in [0.1, 0.15) is 0 Å². The van der Waals surface area contributed by atoms with Crippen LogP contribution in [0, 0.1) is 18.3 Å². The van der Waals surface area contributed by atoms with Crippen LogP contribution in [0.25, 0.3) is 11.3 Å². The summed E-state index contributed by atoms with van der Waals surface area (Å²) in [5.74, 6) is -0.314. The van der Waals surface area contributed by atoms with E-state index in [1.165, 1.54) is 6.07 Å². The first-order chi connectivity index (χ1) is 17.1. The number of hydrogen-bond donors (Lipinski definition) is 2. The summed E-state index contributed by atoms with van der Waals surface area (Å²) in [5.41, 5.74) is 2.45. The van der Waals surface area contributed by atoms with Crippen molar-refractivity contribution >= 4 is 34.8 Å². The summed E-state index contributed by atoms with van der Waals surface area (Å²) in [6, 6.07) is 18.7. The van der Waals surface area contributed by atoms with Crippen molar-refractivity contribution in [2.24, 2.45) is 0 Å². The predicted octanol–water partition coefficient (Wildman–Crippen LogP) is 6.99. The molecule has 2 N–H and O–H groups in total. The van der Waals surface area contributed by atoms with E-state index in [-0.39, 0.29) is 17.2 Å². The number of nitrogens with one attached hydrogen (secondary N) is 2. The number of anilines is 3. The average Bonchev–Trinajstić information content (AvgIpc) is 2.86. The second-order valence-corrected chi connectivity index (χ2v) is 8.16. The lowest BCUT2D eigenvalue weighted by molar-refractivity contribution is -0.137. The second-order valence-electron chi connectivity index (χ2n) is 7.76. The summed E-state index contributed by atoms with van der Waals surface area (Å²) >= 11 is 5.65. The maximum Gasteiger partial charge on any atom is 0.417 e. The first kappa shape index (κ1) is 24.7. The van der Waals surface area contributed by atoms with Crippen LogP contribution < -0.4 is 10.6 Å². The Hall–Kier alpha value is -4.42. The first-order valence-electron chi connectivity index (χ1n) is 10.5. The standard InChI is InChI=1S/C26H17ClF3N5O/c1-15-2-5-18(24(36)33-19-8-9-21(27)20(13-19)26(28,29)30)12-23(15)35-25-32-11-10-22(34-25)17-6-3-16(14-31)4-7-17/h2-13H,1H3,(H,33,36)(H,32,34,35). The van der Waals surface area contributed by atoms with Crippen LogP contribution in [0.5, 0.6) is 0 Å². The van der Waals surface area contributed by atoms with Gasteiger partial charge >= 0.3 is 6.18 Å². The van der Waals surface area contributed by atoms with Gasteiger partial charge in [0, 0.05) is 28.7 Å². The van der Waals surface area contributed by atoms with Gasteiger partial charge in [0.2, 0.25) is 5.95 Å². The summed E-state index contributed by atoms with van der Waals surface area (Å²) < 4.78 is 39.4. The van der Waals surface area contributed by atoms with Crippen molar-refractivity contribution in [3.05, 3.63) is 100 Å². The van der Waals surface area contributed by atoms with E-state index >= 15 is 0 Å². The Labute approximate surface area is 209 Å². The quantitative estimate of drug-likeness (QED) is 0.304. The number of rotatable bonds is 5. The number of aryl methyl sites for hydroxylation is 1. The fourth-order valence-electron chi connectivity index (χ4n) is 3.34. The van der Waals surface area contributed by atoms with E-state index < -0.39 is 22.7 Å². The summed E-state index contributed by atoms with van der Waals surface area (Å²) in [6.07, 6.45) is -3.07. The molecule has 1 amide bonds. The zero-order valence-electron chi connectivity index (χ0n) is 18.7. The van der Waals surface area contributed by atoms with Gasteiger partial charge in [0.15, 0.2) is 0 Å². The fraction of sp³-hybridized carbons (Fsp3) is 0.0769. The Kier molecular flexibility index (Phi) is 6.90. The third kappa shape index (κ3) is 5.62. The molecule has 180 valence electrons. The highest BCUT2D eigenvalue weighted by atomic mass is 35.5. The van der Waals surface area contributed by atoms with Gasteiger partial charge < -0.3 is 10.6 Å². The van der Waals surface area contributed by atoms with E-state index in [1.807, 2.05) is 6.92 Å². The molecule has 0 saturated carbocycles. The lowest BCUT2D eigenvalue weighted by Crippen LogP contribution is -2.14. The highest BCUT2D eigenvalue weighted by Gasteiger charge is 2.33. The number of nitriles is 1. The summed E-state index contributed by atoms with van der Waals surface area (Å²) in [4.78, 5) is 21.5. The van der Waals surface area contributed by atoms with E-state index in [4.69, 9.17) is 16.9 Å². The number of aromatic nitrogens is 2. The maximum absolute atomic E-state index is 13.1. The number of halogens is 4. The second kappa shape index (κ2) is 10.1. The van der Waals surface area contributed by atoms with Crippen LogP contribution in [-0.2, 0) is 6.18 Å². The van der Waals surface area contributed by atoms with E-state index in [0.29, 0.717) is 16.9 Å². The van der Waals surface area contributed by atoms with Crippen LogP contribution in [0.3, 0.4) is 0 Å². The van der Waals surface area contributed by atoms with Crippen molar-refractivity contribution < 1.29 is 18.0 Å². The summed E-state index contributed by atoms with van der Waals surface area (Å²) in [6.45, 7) is 1.82. The van der Waals surface area contributed by atoms with Gasteiger partial charge in [-0.15, -0.1) is 0 Å². The van der Waals surface area contributed by atoms with Gasteiger partial charge in [-0.25, -0.2) is 9.97 Å². The molecular weight excluding hydrogens is 491 g/mol. The molecule has 0 aliphatic rings. The van der Waals surface area contributed by atoms with Crippen LogP contribution >= 0.6 is 11.6 Å². The van der Waals surface area contributed by atoms with E-state index in [1.54, 1.807) is 54.7 Å². The molecule has 0 saturated heterocycles. The molecule has 0 aliphatic heterocycles. The highest BCUT2D eigenvalue weighted by Crippen LogP contribution is 2.36. The van der Waals surface area contributed by atoms with Gasteiger partial charge in [-0.3, -0.25) is 4.79 Å². The largest absolute Gasteiger partial charge is 0.417 e. The molecule has 1 aromatic heterocycles. The minimum absolute atomic E-state index is 0.0368. The predicted molar refractivity (Wildman–Crippen MR) is 131 cm³/mol. The molecule has 0 radical (unpaired) electrons. The number of hydrogen-bond acceptors (Lipinski definition) is 5. The monoisotopic (exact) mass is 507 g/mol. The minimum atomic E-state index is -4.65. The molecule has 6 nitrogen and oxygen atoms in total. The lowest BCUT2D eigenvalue weighted by Gasteiger charge is -2.13. The lowest BCUT2D eigenvalue weighted by atomic mass is 10.1. The van der Waals surface area contributed by atoms with Crippen LogP contribution in [0.1, 0.15) is 27.0 Å². The smallest absolute Gasteiger partial charge is 0.324 e. The minimum Gasteiger partial charge on any atom is -0.324 e.